The third-order valence-electron chi connectivity index (χ3n) is 2.91. The van der Waals surface area contributed by atoms with Crippen molar-refractivity contribution in [1.29, 1.82) is 0 Å². The highest BCUT2D eigenvalue weighted by molar-refractivity contribution is 7.99. The lowest BCUT2D eigenvalue weighted by molar-refractivity contribution is -0.140. The maximum atomic E-state index is 11.0. The number of aryl methyl sites for hydroxylation is 1. The molecule has 0 aliphatic heterocycles. The number of benzene rings is 1. The Morgan fingerprint density at radius 1 is 1.14 bits per heavy atom. The van der Waals surface area contributed by atoms with Crippen molar-refractivity contribution in [3.63, 3.8) is 0 Å². The number of hydrogen-bond donors (Lipinski definition) is 0. The van der Waals surface area contributed by atoms with Crippen LogP contribution in [0.5, 0.6) is 5.75 Å². The summed E-state index contributed by atoms with van der Waals surface area (Å²) in [5, 5.41) is 0. The Labute approximate surface area is 139 Å². The van der Waals surface area contributed by atoms with E-state index in [4.69, 9.17) is 4.74 Å². The molecule has 0 aliphatic carbocycles. The zero-order chi connectivity index (χ0) is 16.8. The van der Waals surface area contributed by atoms with Gasteiger partial charge in [-0.3, -0.25) is 4.79 Å². The summed E-state index contributed by atoms with van der Waals surface area (Å²) < 4.78 is 9.85. The molecule has 0 unspecified atom stereocenters. The molecule has 0 aromatic heterocycles. The first-order valence-corrected chi connectivity index (χ1v) is 8.97. The topological polar surface area (TPSA) is 35.5 Å². The first-order chi connectivity index (χ1) is 10.6. The quantitative estimate of drug-likeness (QED) is 0.378. The lowest BCUT2D eigenvalue weighted by atomic mass is 10.1. The molecular weight excluding hydrogens is 296 g/mol. The number of ether oxygens (including phenoxy) is 2. The highest BCUT2D eigenvalue weighted by atomic mass is 32.2. The highest BCUT2D eigenvalue weighted by Gasteiger charge is 2.04. The van der Waals surface area contributed by atoms with Crippen LogP contribution in [0.4, 0.5) is 0 Å². The Morgan fingerprint density at radius 2 is 1.82 bits per heavy atom. The molecule has 0 aliphatic rings. The Balaban J connectivity index is 0.00000135. The standard InChI is InChI=1S/C15H22O3S.C3H8/c1-4-12-11-13(17-2)8-9-14(12)19-10-6-5-7-15(16)18-3;1-3-2/h8-9,11H,4-7,10H2,1-3H3;3H2,1-2H3. The normalized spacial score (nSPS) is 9.68. The van der Waals surface area contributed by atoms with Gasteiger partial charge in [0, 0.05) is 11.3 Å². The SMILES string of the molecule is CCC.CCc1cc(OC)ccc1SCCCCC(=O)OC. The molecular formula is C18H30O3S. The van der Waals surface area contributed by atoms with Crippen LogP contribution < -0.4 is 4.74 Å². The van der Waals surface area contributed by atoms with Gasteiger partial charge in [0.05, 0.1) is 14.2 Å². The molecule has 0 heterocycles. The van der Waals surface area contributed by atoms with Gasteiger partial charge in [-0.25, -0.2) is 0 Å². The van der Waals surface area contributed by atoms with Gasteiger partial charge in [0.2, 0.25) is 0 Å². The maximum absolute atomic E-state index is 11.0. The second-order valence-electron chi connectivity index (χ2n) is 4.92. The van der Waals surface area contributed by atoms with Crippen molar-refractivity contribution in [1.82, 2.24) is 0 Å². The van der Waals surface area contributed by atoms with E-state index in [0.717, 1.165) is 30.8 Å². The fraction of sp³-hybridized carbons (Fsp3) is 0.611. The summed E-state index contributed by atoms with van der Waals surface area (Å²) in [6.45, 7) is 6.40. The van der Waals surface area contributed by atoms with Crippen LogP contribution in [0.25, 0.3) is 0 Å². The number of carbonyl (C=O) groups excluding carboxylic acids is 1. The van der Waals surface area contributed by atoms with Crippen LogP contribution in [-0.2, 0) is 16.0 Å². The molecule has 0 N–H and O–H groups in total. The second kappa shape index (κ2) is 13.5. The van der Waals surface area contributed by atoms with Crippen LogP contribution in [0, 0.1) is 0 Å². The summed E-state index contributed by atoms with van der Waals surface area (Å²) in [7, 11) is 3.12. The minimum Gasteiger partial charge on any atom is -0.497 e. The van der Waals surface area contributed by atoms with Crippen LogP contribution in [0.3, 0.4) is 0 Å². The first-order valence-electron chi connectivity index (χ1n) is 7.99. The zero-order valence-electron chi connectivity index (χ0n) is 14.6. The van der Waals surface area contributed by atoms with Crippen molar-refractivity contribution in [2.24, 2.45) is 0 Å². The number of thioether (sulfide) groups is 1. The molecule has 0 saturated carbocycles. The number of methoxy groups -OCH3 is 2. The molecule has 0 bridgehead atoms. The van der Waals surface area contributed by atoms with E-state index >= 15 is 0 Å². The van der Waals surface area contributed by atoms with E-state index in [9.17, 15) is 4.79 Å². The smallest absolute Gasteiger partial charge is 0.305 e. The van der Waals surface area contributed by atoms with Crippen molar-refractivity contribution in [2.45, 2.75) is 57.8 Å². The van der Waals surface area contributed by atoms with Gasteiger partial charge in [0.1, 0.15) is 5.75 Å². The summed E-state index contributed by atoms with van der Waals surface area (Å²) >= 11 is 1.84. The zero-order valence-corrected chi connectivity index (χ0v) is 15.4. The van der Waals surface area contributed by atoms with Crippen LogP contribution in [0.2, 0.25) is 0 Å². The van der Waals surface area contributed by atoms with Crippen LogP contribution >= 0.6 is 11.8 Å². The molecule has 0 spiro atoms. The van der Waals surface area contributed by atoms with E-state index in [2.05, 4.69) is 37.6 Å². The Bertz CT molecular complexity index is 419. The van der Waals surface area contributed by atoms with Gasteiger partial charge in [-0.1, -0.05) is 27.2 Å². The molecule has 3 nitrogen and oxygen atoms in total. The van der Waals surface area contributed by atoms with Crippen molar-refractivity contribution in [2.75, 3.05) is 20.0 Å². The molecule has 0 amide bonds. The molecule has 1 aromatic rings. The van der Waals surface area contributed by atoms with E-state index in [1.165, 1.54) is 24.0 Å². The van der Waals surface area contributed by atoms with E-state index in [-0.39, 0.29) is 5.97 Å². The van der Waals surface area contributed by atoms with E-state index in [1.807, 2.05) is 17.8 Å². The third kappa shape index (κ3) is 8.98. The van der Waals surface area contributed by atoms with Gasteiger partial charge in [-0.2, -0.15) is 0 Å². The second-order valence-corrected chi connectivity index (χ2v) is 6.05. The van der Waals surface area contributed by atoms with Crippen molar-refractivity contribution in [3.05, 3.63) is 23.8 Å². The van der Waals surface area contributed by atoms with E-state index in [1.54, 1.807) is 7.11 Å². The van der Waals surface area contributed by atoms with Gasteiger partial charge in [-0.05, 0) is 48.8 Å². The number of carbonyl (C=O) groups is 1. The number of rotatable bonds is 8. The average molecular weight is 327 g/mol. The van der Waals surface area contributed by atoms with Crippen molar-refractivity contribution < 1.29 is 14.3 Å². The monoisotopic (exact) mass is 326 g/mol. The maximum Gasteiger partial charge on any atom is 0.305 e. The predicted octanol–water partition coefficient (Wildman–Crippen LogP) is 5.11. The number of unbranched alkanes of at least 4 members (excludes halogenated alkanes) is 1. The lowest BCUT2D eigenvalue weighted by Crippen LogP contribution is -1.99. The minimum absolute atomic E-state index is 0.122. The average Bonchev–Trinajstić information content (AvgIpc) is 2.55. The van der Waals surface area contributed by atoms with Gasteiger partial charge >= 0.3 is 5.97 Å². The van der Waals surface area contributed by atoms with E-state index < -0.39 is 0 Å². The largest absolute Gasteiger partial charge is 0.497 e. The minimum atomic E-state index is -0.122. The first kappa shape index (κ1) is 20.8. The summed E-state index contributed by atoms with van der Waals surface area (Å²) in [6, 6.07) is 6.20. The van der Waals surface area contributed by atoms with Gasteiger partial charge in [0.25, 0.3) is 0 Å². The molecule has 4 heteroatoms. The summed E-state index contributed by atoms with van der Waals surface area (Å²) in [6.07, 6.45) is 4.67. The van der Waals surface area contributed by atoms with Gasteiger partial charge < -0.3 is 9.47 Å². The van der Waals surface area contributed by atoms with Crippen LogP contribution in [0.15, 0.2) is 23.1 Å². The molecule has 22 heavy (non-hydrogen) atoms. The Hall–Kier alpha value is -1.16. The fourth-order valence-corrected chi connectivity index (χ4v) is 2.88. The highest BCUT2D eigenvalue weighted by Crippen LogP contribution is 2.28. The van der Waals surface area contributed by atoms with E-state index in [0.29, 0.717) is 6.42 Å². The molecule has 0 radical (unpaired) electrons. The van der Waals surface area contributed by atoms with Gasteiger partial charge in [-0.15, -0.1) is 11.8 Å². The molecule has 0 saturated heterocycles. The summed E-state index contributed by atoms with van der Waals surface area (Å²) in [5.74, 6) is 1.81. The third-order valence-corrected chi connectivity index (χ3v) is 4.11. The molecule has 126 valence electrons. The predicted molar refractivity (Wildman–Crippen MR) is 94.9 cm³/mol. The summed E-state index contributed by atoms with van der Waals surface area (Å²) in [4.78, 5) is 12.3. The van der Waals surface area contributed by atoms with Gasteiger partial charge in [0.15, 0.2) is 0 Å². The number of hydrogen-bond acceptors (Lipinski definition) is 4. The molecule has 1 rings (SSSR count). The van der Waals surface area contributed by atoms with Crippen molar-refractivity contribution in [3.8, 4) is 5.75 Å². The summed E-state index contributed by atoms with van der Waals surface area (Å²) in [5.41, 5.74) is 1.32. The Kier molecular flexibility index (Phi) is 12.8. The van der Waals surface area contributed by atoms with Crippen molar-refractivity contribution >= 4 is 17.7 Å². The van der Waals surface area contributed by atoms with Crippen LogP contribution in [0.1, 0.15) is 52.0 Å². The lowest BCUT2D eigenvalue weighted by Gasteiger charge is -2.09. The number of esters is 1. The molecule has 0 fully saturated rings. The Morgan fingerprint density at radius 3 is 2.36 bits per heavy atom. The molecule has 0 atom stereocenters. The molecule has 1 aromatic carbocycles. The van der Waals surface area contributed by atoms with Crippen LogP contribution in [-0.4, -0.2) is 25.9 Å². The fourth-order valence-electron chi connectivity index (χ4n) is 1.76.